The van der Waals surface area contributed by atoms with Crippen molar-refractivity contribution >= 4 is 17.9 Å². The van der Waals surface area contributed by atoms with Crippen LogP contribution in [0.4, 0.5) is 5.95 Å². The summed E-state index contributed by atoms with van der Waals surface area (Å²) in [5, 5.41) is 23.8. The van der Waals surface area contributed by atoms with Gasteiger partial charge in [-0.1, -0.05) is 29.4 Å². The molecule has 1 aliphatic heterocycles. The Morgan fingerprint density at radius 1 is 1.19 bits per heavy atom. The maximum absolute atomic E-state index is 12.7. The van der Waals surface area contributed by atoms with E-state index < -0.39 is 18.0 Å². The molecule has 0 radical (unpaired) electrons. The Morgan fingerprint density at radius 2 is 1.97 bits per heavy atom. The van der Waals surface area contributed by atoms with Gasteiger partial charge in [-0.2, -0.15) is 4.68 Å². The lowest BCUT2D eigenvalue weighted by molar-refractivity contribution is -0.139. The largest absolute Gasteiger partial charge is 0.489 e. The number of nitrogens with one attached hydrogen (secondary N) is 1. The van der Waals surface area contributed by atoms with Gasteiger partial charge in [0, 0.05) is 5.70 Å². The molecule has 2 heterocycles. The number of carboxylic acid groups (broad SMARTS) is 1. The highest BCUT2D eigenvalue weighted by molar-refractivity contribution is 5.92. The van der Waals surface area contributed by atoms with Crippen molar-refractivity contribution in [3.63, 3.8) is 0 Å². The number of hydrogen-bond acceptors (Lipinski definition) is 8. The van der Waals surface area contributed by atoms with Gasteiger partial charge in [-0.25, -0.2) is 9.59 Å². The number of fused-ring (bicyclic) bond motifs is 1. The average Bonchev–Trinajstić information content (AvgIpc) is 3.25. The van der Waals surface area contributed by atoms with Crippen molar-refractivity contribution in [1.29, 1.82) is 0 Å². The van der Waals surface area contributed by atoms with Crippen LogP contribution in [0.2, 0.25) is 0 Å². The number of nitrogens with zero attached hydrogens (tertiary/aromatic N) is 4. The van der Waals surface area contributed by atoms with Crippen LogP contribution in [0.25, 0.3) is 0 Å². The summed E-state index contributed by atoms with van der Waals surface area (Å²) in [5.41, 5.74) is 2.82. The molecule has 0 aliphatic carbocycles. The fraction of sp³-hybridized carbons (Fsp3) is 0.227. The number of benzene rings is 2. The summed E-state index contributed by atoms with van der Waals surface area (Å²) < 4.78 is 12.7. The van der Waals surface area contributed by atoms with Crippen molar-refractivity contribution < 1.29 is 24.2 Å². The Hall–Kier alpha value is -4.21. The van der Waals surface area contributed by atoms with Crippen LogP contribution in [0.1, 0.15) is 41.4 Å². The van der Waals surface area contributed by atoms with Crippen molar-refractivity contribution in [2.45, 2.75) is 26.5 Å². The van der Waals surface area contributed by atoms with Crippen molar-refractivity contribution in [2.75, 3.05) is 11.9 Å². The van der Waals surface area contributed by atoms with Crippen LogP contribution < -0.4 is 10.1 Å². The minimum atomic E-state index is -0.977. The van der Waals surface area contributed by atoms with Gasteiger partial charge in [0.2, 0.25) is 5.95 Å². The number of ether oxygens (including phenoxy) is 2. The predicted octanol–water partition coefficient (Wildman–Crippen LogP) is 2.80. The molecule has 3 aromatic rings. The number of aromatic nitrogens is 4. The number of carbonyl (C=O) groups is 2. The molecule has 0 spiro atoms. The summed E-state index contributed by atoms with van der Waals surface area (Å²) in [6.07, 6.45) is 0. The summed E-state index contributed by atoms with van der Waals surface area (Å²) in [6.45, 7) is 4.03. The zero-order chi connectivity index (χ0) is 22.7. The minimum absolute atomic E-state index is 0.215. The predicted molar refractivity (Wildman–Crippen MR) is 113 cm³/mol. The first-order valence-electron chi connectivity index (χ1n) is 9.95. The van der Waals surface area contributed by atoms with Gasteiger partial charge in [0.05, 0.1) is 17.7 Å². The molecule has 0 saturated carbocycles. The highest BCUT2D eigenvalue weighted by atomic mass is 16.5. The summed E-state index contributed by atoms with van der Waals surface area (Å²) in [6, 6.07) is 13.2. The second-order valence-electron chi connectivity index (χ2n) is 7.10. The molecular weight excluding hydrogens is 414 g/mol. The fourth-order valence-corrected chi connectivity index (χ4v) is 3.48. The van der Waals surface area contributed by atoms with E-state index in [0.29, 0.717) is 23.0 Å². The van der Waals surface area contributed by atoms with Gasteiger partial charge in [0.1, 0.15) is 18.4 Å². The molecule has 0 amide bonds. The number of hydrogen-bond donors (Lipinski definition) is 2. The number of aromatic carboxylic acids is 1. The molecule has 1 atom stereocenters. The summed E-state index contributed by atoms with van der Waals surface area (Å²) in [5.74, 6) is -0.424. The molecule has 2 N–H and O–H groups in total. The highest BCUT2D eigenvalue weighted by Gasteiger charge is 2.35. The van der Waals surface area contributed by atoms with E-state index in [1.807, 2.05) is 18.2 Å². The van der Waals surface area contributed by atoms with Gasteiger partial charge < -0.3 is 19.9 Å². The van der Waals surface area contributed by atoms with Crippen molar-refractivity contribution in [1.82, 2.24) is 20.2 Å². The zero-order valence-corrected chi connectivity index (χ0v) is 17.5. The average molecular weight is 435 g/mol. The lowest BCUT2D eigenvalue weighted by Crippen LogP contribution is -2.29. The molecule has 1 aromatic heterocycles. The highest BCUT2D eigenvalue weighted by Crippen LogP contribution is 2.36. The molecule has 0 fully saturated rings. The Balaban J connectivity index is 1.61. The third-order valence-corrected chi connectivity index (χ3v) is 4.99. The van der Waals surface area contributed by atoms with E-state index in [-0.39, 0.29) is 18.8 Å². The SMILES string of the molecule is CCOC(=O)C1=C(C)Nc2nnnn2C1c1cccc(OCc2ccc(C(=O)O)cc2)c1. The van der Waals surface area contributed by atoms with Crippen LogP contribution in [0.3, 0.4) is 0 Å². The van der Waals surface area contributed by atoms with Crippen LogP contribution in [0, 0.1) is 0 Å². The first kappa shape index (κ1) is 21.0. The number of allylic oxidation sites excluding steroid dienone is 1. The topological polar surface area (TPSA) is 128 Å². The molecule has 0 saturated heterocycles. The van der Waals surface area contributed by atoms with Crippen LogP contribution in [0.15, 0.2) is 59.8 Å². The third-order valence-electron chi connectivity index (χ3n) is 4.99. The van der Waals surface area contributed by atoms with E-state index in [0.717, 1.165) is 11.1 Å². The molecule has 10 nitrogen and oxygen atoms in total. The number of tetrazole rings is 1. The van der Waals surface area contributed by atoms with Gasteiger partial charge in [0.25, 0.3) is 0 Å². The first-order valence-corrected chi connectivity index (χ1v) is 9.95. The standard InChI is InChI=1S/C22H21N5O5/c1-3-31-21(30)18-13(2)23-22-24-25-26-27(22)19(18)16-5-4-6-17(11-16)32-12-14-7-9-15(10-8-14)20(28)29/h4-11,19H,3,12H2,1-2H3,(H,28,29)(H,23,24,26). The molecule has 1 aliphatic rings. The molecule has 0 bridgehead atoms. The lowest BCUT2D eigenvalue weighted by Gasteiger charge is -2.27. The first-order chi connectivity index (χ1) is 15.5. The van der Waals surface area contributed by atoms with Crippen LogP contribution in [-0.2, 0) is 16.1 Å². The molecule has 1 unspecified atom stereocenters. The summed E-state index contributed by atoms with van der Waals surface area (Å²) >= 11 is 0. The van der Waals surface area contributed by atoms with E-state index in [1.165, 1.54) is 16.8 Å². The van der Waals surface area contributed by atoms with Crippen molar-refractivity contribution in [3.8, 4) is 5.75 Å². The van der Waals surface area contributed by atoms with Crippen LogP contribution in [-0.4, -0.2) is 43.9 Å². The number of carbonyl (C=O) groups excluding carboxylic acids is 1. The van der Waals surface area contributed by atoms with Crippen molar-refractivity contribution in [3.05, 3.63) is 76.5 Å². The second-order valence-corrected chi connectivity index (χ2v) is 7.10. The molecule has 10 heteroatoms. The quantitative estimate of drug-likeness (QED) is 0.538. The Labute approximate surface area is 183 Å². The zero-order valence-electron chi connectivity index (χ0n) is 17.5. The van der Waals surface area contributed by atoms with E-state index in [2.05, 4.69) is 20.8 Å². The van der Waals surface area contributed by atoms with E-state index in [1.54, 1.807) is 32.0 Å². The fourth-order valence-electron chi connectivity index (χ4n) is 3.48. The third kappa shape index (κ3) is 4.15. The van der Waals surface area contributed by atoms with Gasteiger partial charge in [0.15, 0.2) is 0 Å². The van der Waals surface area contributed by atoms with E-state index >= 15 is 0 Å². The molecule has 32 heavy (non-hydrogen) atoms. The smallest absolute Gasteiger partial charge is 0.338 e. The molecule has 164 valence electrons. The van der Waals surface area contributed by atoms with Gasteiger partial charge >= 0.3 is 11.9 Å². The van der Waals surface area contributed by atoms with Gasteiger partial charge in [-0.3, -0.25) is 0 Å². The molecule has 2 aromatic carbocycles. The van der Waals surface area contributed by atoms with Crippen LogP contribution in [0.5, 0.6) is 5.75 Å². The second kappa shape index (κ2) is 8.88. The summed E-state index contributed by atoms with van der Waals surface area (Å²) in [7, 11) is 0. The van der Waals surface area contributed by atoms with Gasteiger partial charge in [-0.15, -0.1) is 0 Å². The minimum Gasteiger partial charge on any atom is -0.489 e. The number of carboxylic acids is 1. The monoisotopic (exact) mass is 435 g/mol. The van der Waals surface area contributed by atoms with Gasteiger partial charge in [-0.05, 0) is 59.7 Å². The molecule has 4 rings (SSSR count). The van der Waals surface area contributed by atoms with Crippen molar-refractivity contribution in [2.24, 2.45) is 0 Å². The maximum atomic E-state index is 12.7. The maximum Gasteiger partial charge on any atom is 0.338 e. The molecular formula is C22H21N5O5. The van der Waals surface area contributed by atoms with Crippen LogP contribution >= 0.6 is 0 Å². The number of rotatable bonds is 7. The number of esters is 1. The summed E-state index contributed by atoms with van der Waals surface area (Å²) in [4.78, 5) is 23.7. The lowest BCUT2D eigenvalue weighted by atomic mass is 9.95. The Kier molecular flexibility index (Phi) is 5.84. The van der Waals surface area contributed by atoms with E-state index in [9.17, 15) is 9.59 Å². The van der Waals surface area contributed by atoms with E-state index in [4.69, 9.17) is 14.6 Å². The number of anilines is 1. The Morgan fingerprint density at radius 3 is 2.69 bits per heavy atom. The normalized spacial score (nSPS) is 15.0. The Bertz CT molecular complexity index is 1190.